The summed E-state index contributed by atoms with van der Waals surface area (Å²) < 4.78 is 0. The SMILES string of the molecule is CC(=Nc1ccc(NC(C2=CCCC=C2)c2ccccc2)cc1C)C1CCCC1. The Balaban J connectivity index is 1.57. The number of hydrogen-bond acceptors (Lipinski definition) is 2. The minimum absolute atomic E-state index is 0.168. The van der Waals surface area contributed by atoms with Gasteiger partial charge in [-0.2, -0.15) is 0 Å². The van der Waals surface area contributed by atoms with Crippen molar-refractivity contribution in [3.8, 4) is 0 Å². The standard InChI is InChI=1S/C27H32N2/c1-20-19-25(17-18-26(20)28-21(2)22-11-9-10-12-22)29-27(23-13-5-3-6-14-23)24-15-7-4-8-16-24/h3,5-7,13-19,22,27,29H,4,8-12H2,1-2H3. The lowest BCUT2D eigenvalue weighted by atomic mass is 9.94. The molecule has 0 spiro atoms. The Labute approximate surface area is 175 Å². The van der Waals surface area contributed by atoms with E-state index in [0.29, 0.717) is 5.92 Å². The van der Waals surface area contributed by atoms with Gasteiger partial charge < -0.3 is 5.32 Å². The fourth-order valence-electron chi connectivity index (χ4n) is 4.51. The molecular weight excluding hydrogens is 352 g/mol. The highest BCUT2D eigenvalue weighted by molar-refractivity contribution is 5.87. The Bertz CT molecular complexity index is 915. The molecule has 2 aliphatic carbocycles. The van der Waals surface area contributed by atoms with E-state index < -0.39 is 0 Å². The molecule has 4 rings (SSSR count). The summed E-state index contributed by atoms with van der Waals surface area (Å²) in [4.78, 5) is 4.98. The first-order chi connectivity index (χ1) is 14.2. The van der Waals surface area contributed by atoms with E-state index in [2.05, 4.69) is 85.9 Å². The van der Waals surface area contributed by atoms with Crippen LogP contribution in [0.3, 0.4) is 0 Å². The number of nitrogens with one attached hydrogen (secondary N) is 1. The van der Waals surface area contributed by atoms with E-state index in [0.717, 1.165) is 24.2 Å². The van der Waals surface area contributed by atoms with E-state index >= 15 is 0 Å². The fraction of sp³-hybridized carbons (Fsp3) is 0.370. The first kappa shape index (κ1) is 19.7. The number of nitrogens with zero attached hydrogens (tertiary/aromatic N) is 1. The first-order valence-electron chi connectivity index (χ1n) is 11.0. The minimum Gasteiger partial charge on any atom is -0.374 e. The lowest BCUT2D eigenvalue weighted by molar-refractivity contribution is 0.725. The van der Waals surface area contributed by atoms with Gasteiger partial charge in [0.05, 0.1) is 11.7 Å². The van der Waals surface area contributed by atoms with Gasteiger partial charge in [0.2, 0.25) is 0 Å². The van der Waals surface area contributed by atoms with Gasteiger partial charge >= 0.3 is 0 Å². The Kier molecular flexibility index (Phi) is 6.29. The molecule has 0 aromatic heterocycles. The van der Waals surface area contributed by atoms with Crippen molar-refractivity contribution in [2.24, 2.45) is 10.9 Å². The Hall–Kier alpha value is -2.61. The number of aliphatic imine (C=N–C) groups is 1. The van der Waals surface area contributed by atoms with Crippen molar-refractivity contribution in [2.75, 3.05) is 5.32 Å². The Morgan fingerprint density at radius 1 is 1.03 bits per heavy atom. The topological polar surface area (TPSA) is 24.4 Å². The summed E-state index contributed by atoms with van der Waals surface area (Å²) in [6.45, 7) is 4.37. The maximum Gasteiger partial charge on any atom is 0.0764 e. The fourth-order valence-corrected chi connectivity index (χ4v) is 4.51. The van der Waals surface area contributed by atoms with Crippen LogP contribution in [0.4, 0.5) is 11.4 Å². The van der Waals surface area contributed by atoms with Crippen LogP contribution in [0, 0.1) is 12.8 Å². The zero-order valence-electron chi connectivity index (χ0n) is 17.7. The molecule has 2 aromatic carbocycles. The number of benzene rings is 2. The van der Waals surface area contributed by atoms with Crippen molar-refractivity contribution >= 4 is 17.1 Å². The largest absolute Gasteiger partial charge is 0.374 e. The third kappa shape index (κ3) is 4.87. The van der Waals surface area contributed by atoms with Crippen LogP contribution in [0.5, 0.6) is 0 Å². The summed E-state index contributed by atoms with van der Waals surface area (Å²) in [5.41, 5.74) is 7.42. The van der Waals surface area contributed by atoms with Crippen molar-refractivity contribution in [3.05, 3.63) is 83.5 Å². The molecule has 1 saturated carbocycles. The number of allylic oxidation sites excluding steroid dienone is 2. The van der Waals surface area contributed by atoms with E-state index in [4.69, 9.17) is 4.99 Å². The molecule has 0 radical (unpaired) electrons. The van der Waals surface area contributed by atoms with Gasteiger partial charge in [-0.25, -0.2) is 0 Å². The van der Waals surface area contributed by atoms with Crippen molar-refractivity contribution in [3.63, 3.8) is 0 Å². The van der Waals surface area contributed by atoms with Gasteiger partial charge in [0.1, 0.15) is 0 Å². The molecule has 1 unspecified atom stereocenters. The number of rotatable bonds is 6. The second-order valence-electron chi connectivity index (χ2n) is 8.41. The maximum absolute atomic E-state index is 4.98. The first-order valence-corrected chi connectivity index (χ1v) is 11.0. The molecule has 0 amide bonds. The van der Waals surface area contributed by atoms with Gasteiger partial charge in [-0.3, -0.25) is 4.99 Å². The maximum atomic E-state index is 4.98. The van der Waals surface area contributed by atoms with Crippen molar-refractivity contribution < 1.29 is 0 Å². The third-order valence-corrected chi connectivity index (χ3v) is 6.24. The normalized spacial score (nSPS) is 18.6. The molecule has 2 aromatic rings. The third-order valence-electron chi connectivity index (χ3n) is 6.24. The molecular formula is C27H32N2. The van der Waals surface area contributed by atoms with E-state index in [1.807, 2.05) is 0 Å². The minimum atomic E-state index is 0.168. The van der Waals surface area contributed by atoms with E-state index in [-0.39, 0.29) is 6.04 Å². The van der Waals surface area contributed by atoms with Gasteiger partial charge in [0, 0.05) is 11.4 Å². The number of hydrogen-bond donors (Lipinski definition) is 1. The average molecular weight is 385 g/mol. The highest BCUT2D eigenvalue weighted by Crippen LogP contribution is 2.33. The van der Waals surface area contributed by atoms with Gasteiger partial charge in [-0.15, -0.1) is 0 Å². The van der Waals surface area contributed by atoms with Crippen LogP contribution < -0.4 is 5.32 Å². The zero-order chi connectivity index (χ0) is 20.1. The molecule has 2 aliphatic rings. The Morgan fingerprint density at radius 2 is 1.83 bits per heavy atom. The summed E-state index contributed by atoms with van der Waals surface area (Å²) >= 11 is 0. The van der Waals surface area contributed by atoms with Crippen LogP contribution in [0.15, 0.2) is 77.3 Å². The van der Waals surface area contributed by atoms with Crippen LogP contribution in [0.1, 0.15) is 62.6 Å². The van der Waals surface area contributed by atoms with Crippen molar-refractivity contribution in [2.45, 2.75) is 58.4 Å². The number of aryl methyl sites for hydroxylation is 1. The van der Waals surface area contributed by atoms with E-state index in [9.17, 15) is 0 Å². The predicted octanol–water partition coefficient (Wildman–Crippen LogP) is 7.71. The molecule has 150 valence electrons. The number of anilines is 1. The van der Waals surface area contributed by atoms with Gasteiger partial charge in [-0.05, 0) is 80.3 Å². The lowest BCUT2D eigenvalue weighted by Gasteiger charge is -2.24. The highest BCUT2D eigenvalue weighted by atomic mass is 14.9. The summed E-state index contributed by atoms with van der Waals surface area (Å²) in [7, 11) is 0. The van der Waals surface area contributed by atoms with Crippen LogP contribution in [-0.4, -0.2) is 5.71 Å². The second kappa shape index (κ2) is 9.26. The van der Waals surface area contributed by atoms with E-state index in [1.54, 1.807) is 0 Å². The molecule has 2 heteroatoms. The molecule has 0 bridgehead atoms. The molecule has 29 heavy (non-hydrogen) atoms. The Morgan fingerprint density at radius 3 is 2.52 bits per heavy atom. The van der Waals surface area contributed by atoms with Crippen LogP contribution in [0.2, 0.25) is 0 Å². The van der Waals surface area contributed by atoms with Crippen LogP contribution >= 0.6 is 0 Å². The van der Waals surface area contributed by atoms with Crippen molar-refractivity contribution in [1.29, 1.82) is 0 Å². The van der Waals surface area contributed by atoms with E-state index in [1.165, 1.54) is 48.1 Å². The smallest absolute Gasteiger partial charge is 0.0764 e. The van der Waals surface area contributed by atoms with Crippen LogP contribution in [-0.2, 0) is 0 Å². The average Bonchev–Trinajstić information content (AvgIpc) is 3.30. The highest BCUT2D eigenvalue weighted by Gasteiger charge is 2.18. The molecule has 2 nitrogen and oxygen atoms in total. The molecule has 0 aliphatic heterocycles. The summed E-state index contributed by atoms with van der Waals surface area (Å²) in [5, 5.41) is 3.77. The predicted molar refractivity (Wildman–Crippen MR) is 125 cm³/mol. The van der Waals surface area contributed by atoms with Gasteiger partial charge in [0.15, 0.2) is 0 Å². The monoisotopic (exact) mass is 384 g/mol. The zero-order valence-corrected chi connectivity index (χ0v) is 17.7. The van der Waals surface area contributed by atoms with Gasteiger partial charge in [-0.1, -0.05) is 61.4 Å². The second-order valence-corrected chi connectivity index (χ2v) is 8.41. The van der Waals surface area contributed by atoms with Gasteiger partial charge in [0.25, 0.3) is 0 Å². The summed E-state index contributed by atoms with van der Waals surface area (Å²) in [6.07, 6.45) is 14.5. The molecule has 0 heterocycles. The quantitative estimate of drug-likeness (QED) is 0.507. The van der Waals surface area contributed by atoms with Crippen molar-refractivity contribution in [1.82, 2.24) is 0 Å². The van der Waals surface area contributed by atoms with Crippen LogP contribution in [0.25, 0.3) is 0 Å². The molecule has 1 N–H and O–H groups in total. The molecule has 0 saturated heterocycles. The summed E-state index contributed by atoms with van der Waals surface area (Å²) in [5.74, 6) is 0.680. The molecule has 1 fully saturated rings. The lowest BCUT2D eigenvalue weighted by Crippen LogP contribution is -2.13. The summed E-state index contributed by atoms with van der Waals surface area (Å²) in [6, 6.07) is 17.5. The molecule has 1 atom stereocenters.